The first-order chi connectivity index (χ1) is 9.45. The monoisotopic (exact) mass is 290 g/mol. The summed E-state index contributed by atoms with van der Waals surface area (Å²) < 4.78 is 0. The molecule has 1 amide bonds. The van der Waals surface area contributed by atoms with Gasteiger partial charge in [-0.15, -0.1) is 11.3 Å². The van der Waals surface area contributed by atoms with Gasteiger partial charge < -0.3 is 10.3 Å². The van der Waals surface area contributed by atoms with Crippen LogP contribution in [-0.2, 0) is 6.42 Å². The van der Waals surface area contributed by atoms with E-state index in [1.807, 2.05) is 6.92 Å². The molecule has 0 fully saturated rings. The van der Waals surface area contributed by atoms with Crippen molar-refractivity contribution in [3.8, 4) is 0 Å². The van der Waals surface area contributed by atoms with Crippen molar-refractivity contribution < 1.29 is 4.79 Å². The van der Waals surface area contributed by atoms with Crippen LogP contribution in [-0.4, -0.2) is 16.9 Å². The van der Waals surface area contributed by atoms with E-state index in [1.54, 1.807) is 18.3 Å². The number of nitrogens with one attached hydrogen (secondary N) is 2. The van der Waals surface area contributed by atoms with E-state index in [-0.39, 0.29) is 22.9 Å². The number of H-pyrrole nitrogens is 1. The number of aromatic amines is 1. The molecule has 5 heteroatoms. The quantitative estimate of drug-likeness (QED) is 0.908. The third-order valence-corrected chi connectivity index (χ3v) is 4.01. The molecule has 0 aliphatic carbocycles. The van der Waals surface area contributed by atoms with E-state index >= 15 is 0 Å². The zero-order valence-corrected chi connectivity index (χ0v) is 12.6. The molecule has 20 heavy (non-hydrogen) atoms. The summed E-state index contributed by atoms with van der Waals surface area (Å²) in [6.45, 7) is 5.78. The molecule has 0 aliphatic rings. The number of carbonyl (C=O) groups excluding carboxylic acids is 1. The van der Waals surface area contributed by atoms with Crippen LogP contribution >= 0.6 is 11.3 Å². The molecule has 0 aliphatic heterocycles. The van der Waals surface area contributed by atoms with Crippen molar-refractivity contribution in [1.82, 2.24) is 10.3 Å². The van der Waals surface area contributed by atoms with Crippen LogP contribution in [0.15, 0.2) is 29.2 Å². The van der Waals surface area contributed by atoms with Crippen molar-refractivity contribution in [2.24, 2.45) is 0 Å². The largest absolute Gasteiger partial charge is 0.364 e. The lowest BCUT2D eigenvalue weighted by Gasteiger charge is -2.12. The number of pyridine rings is 1. The normalized spacial score (nSPS) is 12.2. The summed E-state index contributed by atoms with van der Waals surface area (Å²) >= 11 is 1.72. The van der Waals surface area contributed by atoms with Gasteiger partial charge in [0.25, 0.3) is 5.91 Å². The lowest BCUT2D eigenvalue weighted by atomic mass is 10.1. The predicted octanol–water partition coefficient (Wildman–Crippen LogP) is 2.41. The van der Waals surface area contributed by atoms with Crippen molar-refractivity contribution in [3.05, 3.63) is 55.6 Å². The van der Waals surface area contributed by atoms with Crippen LogP contribution in [0.2, 0.25) is 0 Å². The fourth-order valence-electron chi connectivity index (χ4n) is 2.00. The summed E-state index contributed by atoms with van der Waals surface area (Å²) in [5.41, 5.74) is 0.649. The van der Waals surface area contributed by atoms with Crippen molar-refractivity contribution in [2.75, 3.05) is 0 Å². The first-order valence-electron chi connectivity index (χ1n) is 6.51. The molecule has 2 aromatic rings. The molecule has 2 heterocycles. The molecule has 1 unspecified atom stereocenters. The van der Waals surface area contributed by atoms with Crippen LogP contribution < -0.4 is 10.7 Å². The average Bonchev–Trinajstić information content (AvgIpc) is 2.74. The molecule has 4 nitrogen and oxygen atoms in total. The Kier molecular flexibility index (Phi) is 4.39. The maximum atomic E-state index is 12.1. The van der Waals surface area contributed by atoms with Crippen molar-refractivity contribution in [3.63, 3.8) is 0 Å². The first-order valence-corrected chi connectivity index (χ1v) is 7.33. The zero-order valence-electron chi connectivity index (χ0n) is 11.8. The Morgan fingerprint density at radius 2 is 2.15 bits per heavy atom. The van der Waals surface area contributed by atoms with Gasteiger partial charge in [-0.05, 0) is 32.9 Å². The van der Waals surface area contributed by atoms with Crippen molar-refractivity contribution >= 4 is 17.2 Å². The van der Waals surface area contributed by atoms with Crippen LogP contribution in [0, 0.1) is 13.8 Å². The second kappa shape index (κ2) is 6.05. The van der Waals surface area contributed by atoms with E-state index in [2.05, 4.69) is 29.4 Å². The fraction of sp³-hybridized carbons (Fsp3) is 0.333. The number of hydrogen-bond acceptors (Lipinski definition) is 3. The lowest BCUT2D eigenvalue weighted by Crippen LogP contribution is -2.36. The minimum Gasteiger partial charge on any atom is -0.364 e. The third kappa shape index (κ3) is 3.57. The Hall–Kier alpha value is -1.88. The smallest absolute Gasteiger partial charge is 0.256 e. The molecule has 1 atom stereocenters. The van der Waals surface area contributed by atoms with Gasteiger partial charge in [-0.25, -0.2) is 0 Å². The van der Waals surface area contributed by atoms with Crippen LogP contribution in [0.4, 0.5) is 0 Å². The molecule has 0 radical (unpaired) electrons. The highest BCUT2D eigenvalue weighted by Crippen LogP contribution is 2.16. The van der Waals surface area contributed by atoms with Crippen LogP contribution in [0.1, 0.15) is 32.7 Å². The van der Waals surface area contributed by atoms with Gasteiger partial charge in [0.1, 0.15) is 5.56 Å². The van der Waals surface area contributed by atoms with E-state index in [0.29, 0.717) is 0 Å². The molecule has 0 saturated heterocycles. The SMILES string of the molecule is Cc1cc(=O)c(C(=O)NC(C)Cc2ccc(C)s2)c[nH]1. The van der Waals surface area contributed by atoms with Gasteiger partial charge in [0.05, 0.1) is 0 Å². The third-order valence-electron chi connectivity index (χ3n) is 2.98. The van der Waals surface area contributed by atoms with Gasteiger partial charge in [-0.3, -0.25) is 9.59 Å². The van der Waals surface area contributed by atoms with Gasteiger partial charge in [0.2, 0.25) is 0 Å². The Labute approximate surface area is 121 Å². The van der Waals surface area contributed by atoms with Gasteiger partial charge in [-0.2, -0.15) is 0 Å². The number of thiophene rings is 1. The molecule has 2 rings (SSSR count). The van der Waals surface area contributed by atoms with Crippen LogP contribution in [0.5, 0.6) is 0 Å². The first kappa shape index (κ1) is 14.5. The maximum absolute atomic E-state index is 12.1. The van der Waals surface area contributed by atoms with E-state index in [4.69, 9.17) is 0 Å². The van der Waals surface area contributed by atoms with E-state index < -0.39 is 0 Å². The minimum atomic E-state index is -0.327. The Morgan fingerprint density at radius 3 is 2.75 bits per heavy atom. The number of aryl methyl sites for hydroxylation is 2. The minimum absolute atomic E-state index is 0.0127. The molecule has 0 spiro atoms. The topological polar surface area (TPSA) is 62.0 Å². The number of hydrogen-bond donors (Lipinski definition) is 2. The van der Waals surface area contributed by atoms with E-state index in [9.17, 15) is 9.59 Å². The molecule has 2 aromatic heterocycles. The standard InChI is InChI=1S/C15H18N2O2S/c1-9-7-14(18)13(8-16-9)15(19)17-10(2)6-12-5-4-11(3)20-12/h4-5,7-8,10H,6H2,1-3H3,(H,16,18)(H,17,19). The second-order valence-corrected chi connectivity index (χ2v) is 6.36. The number of carbonyl (C=O) groups is 1. The highest BCUT2D eigenvalue weighted by atomic mass is 32.1. The second-order valence-electron chi connectivity index (χ2n) is 4.98. The number of rotatable bonds is 4. The van der Waals surface area contributed by atoms with Crippen LogP contribution in [0.25, 0.3) is 0 Å². The summed E-state index contributed by atoms with van der Waals surface area (Å²) in [5.74, 6) is -0.327. The molecular weight excluding hydrogens is 272 g/mol. The van der Waals surface area contributed by atoms with Crippen molar-refractivity contribution in [2.45, 2.75) is 33.2 Å². The fourth-order valence-corrected chi connectivity index (χ4v) is 3.02. The van der Waals surface area contributed by atoms with E-state index in [1.165, 1.54) is 22.0 Å². The van der Waals surface area contributed by atoms with Gasteiger partial charge >= 0.3 is 0 Å². The molecule has 0 saturated carbocycles. The molecule has 0 bridgehead atoms. The molecule has 2 N–H and O–H groups in total. The highest BCUT2D eigenvalue weighted by molar-refractivity contribution is 7.11. The average molecular weight is 290 g/mol. The van der Waals surface area contributed by atoms with Crippen LogP contribution in [0.3, 0.4) is 0 Å². The zero-order chi connectivity index (χ0) is 14.7. The Morgan fingerprint density at radius 1 is 1.40 bits per heavy atom. The van der Waals surface area contributed by atoms with Gasteiger partial charge in [-0.1, -0.05) is 0 Å². The van der Waals surface area contributed by atoms with E-state index in [0.717, 1.165) is 12.1 Å². The molecule has 0 aromatic carbocycles. The van der Waals surface area contributed by atoms with Crippen molar-refractivity contribution in [1.29, 1.82) is 0 Å². The summed E-state index contributed by atoms with van der Waals surface area (Å²) in [6.07, 6.45) is 2.24. The maximum Gasteiger partial charge on any atom is 0.256 e. The number of aromatic nitrogens is 1. The number of amides is 1. The lowest BCUT2D eigenvalue weighted by molar-refractivity contribution is 0.0939. The Balaban J connectivity index is 2.02. The summed E-state index contributed by atoms with van der Waals surface area (Å²) in [6, 6.07) is 5.56. The summed E-state index contributed by atoms with van der Waals surface area (Å²) in [4.78, 5) is 29.2. The predicted molar refractivity (Wildman–Crippen MR) is 81.5 cm³/mol. The summed E-state index contributed by atoms with van der Waals surface area (Å²) in [7, 11) is 0. The summed E-state index contributed by atoms with van der Waals surface area (Å²) in [5, 5.41) is 2.86. The Bertz CT molecular complexity index is 673. The molecule has 106 valence electrons. The van der Waals surface area contributed by atoms with Gasteiger partial charge in [0.15, 0.2) is 5.43 Å². The van der Waals surface area contributed by atoms with Gasteiger partial charge in [0, 0.05) is 40.2 Å². The molecular formula is C15H18N2O2S. The highest BCUT2D eigenvalue weighted by Gasteiger charge is 2.14.